The molecule has 9 heteroatoms. The fraction of sp³-hybridized carbons (Fsp3) is 0.286. The zero-order chi connectivity index (χ0) is 21.3. The van der Waals surface area contributed by atoms with Gasteiger partial charge in [0.1, 0.15) is 12.4 Å². The van der Waals surface area contributed by atoms with Crippen LogP contribution < -0.4 is 15.5 Å². The van der Waals surface area contributed by atoms with Crippen LogP contribution in [0.5, 0.6) is 5.75 Å². The van der Waals surface area contributed by atoms with Gasteiger partial charge in [0.2, 0.25) is 0 Å². The molecule has 1 aliphatic rings. The molecule has 158 valence electrons. The summed E-state index contributed by atoms with van der Waals surface area (Å²) in [6.45, 7) is 1.34. The lowest BCUT2D eigenvalue weighted by atomic mass is 10.2. The molecule has 1 atom stereocenters. The number of halogens is 2. The molecule has 1 aliphatic heterocycles. The van der Waals surface area contributed by atoms with Crippen molar-refractivity contribution in [1.29, 1.82) is 0 Å². The second-order valence-electron chi connectivity index (χ2n) is 6.65. The normalized spacial score (nSPS) is 15.9. The molecular weight excluding hydrogens is 429 g/mol. The number of rotatable bonds is 7. The highest BCUT2D eigenvalue weighted by atomic mass is 35.5. The van der Waals surface area contributed by atoms with Gasteiger partial charge in [-0.3, -0.25) is 9.59 Å². The van der Waals surface area contributed by atoms with E-state index in [1.54, 1.807) is 30.3 Å². The quantitative estimate of drug-likeness (QED) is 0.385. The van der Waals surface area contributed by atoms with E-state index in [1.165, 1.54) is 6.21 Å². The van der Waals surface area contributed by atoms with E-state index in [4.69, 9.17) is 32.7 Å². The Bertz CT molecular complexity index is 913. The van der Waals surface area contributed by atoms with Crippen LogP contribution in [0.4, 0.5) is 0 Å². The molecule has 1 saturated heterocycles. The number of benzene rings is 2. The molecule has 0 bridgehead atoms. The van der Waals surface area contributed by atoms with Gasteiger partial charge in [-0.1, -0.05) is 35.3 Å². The molecule has 30 heavy (non-hydrogen) atoms. The number of carbonyl (C=O) groups excluding carboxylic acids is 2. The minimum absolute atomic E-state index is 0.0344. The van der Waals surface area contributed by atoms with E-state index in [0.29, 0.717) is 41.1 Å². The number of hydrogen-bond donors (Lipinski definition) is 2. The van der Waals surface area contributed by atoms with Crippen molar-refractivity contribution in [1.82, 2.24) is 10.7 Å². The topological polar surface area (TPSA) is 89.0 Å². The molecule has 3 rings (SSSR count). The molecule has 1 fully saturated rings. The minimum atomic E-state index is -0.849. The first-order valence-corrected chi connectivity index (χ1v) is 10.2. The molecule has 1 heterocycles. The Balaban J connectivity index is 1.45. The third-order valence-corrected chi connectivity index (χ3v) is 4.91. The van der Waals surface area contributed by atoms with Gasteiger partial charge < -0.3 is 14.8 Å². The maximum atomic E-state index is 11.8. The number of nitrogens with zero attached hydrogens (tertiary/aromatic N) is 1. The molecule has 7 nitrogen and oxygen atoms in total. The van der Waals surface area contributed by atoms with Crippen molar-refractivity contribution in [3.63, 3.8) is 0 Å². The molecule has 2 amide bonds. The van der Waals surface area contributed by atoms with Gasteiger partial charge in [-0.15, -0.1) is 0 Å². The predicted octanol–water partition coefficient (Wildman–Crippen LogP) is 3.32. The standard InChI is InChI=1S/C21H21Cl2N3O4/c22-16-6-3-14(4-7-16)13-30-19-8-5-15(10-18(19)23)11-25-26-21(28)20(27)24-12-17-2-1-9-29-17/h3-8,10-11,17H,1-2,9,12-13H2,(H,24,27)(H,26,28)/b25-11-/t17-/m0/s1. The van der Waals surface area contributed by atoms with Gasteiger partial charge in [0, 0.05) is 18.2 Å². The molecule has 0 aromatic heterocycles. The maximum absolute atomic E-state index is 11.8. The lowest BCUT2D eigenvalue weighted by molar-refractivity contribution is -0.139. The van der Waals surface area contributed by atoms with E-state index >= 15 is 0 Å². The van der Waals surface area contributed by atoms with Crippen molar-refractivity contribution >= 4 is 41.2 Å². The fourth-order valence-electron chi connectivity index (χ4n) is 2.76. The second-order valence-corrected chi connectivity index (χ2v) is 7.49. The Kier molecular flexibility index (Phi) is 8.07. The summed E-state index contributed by atoms with van der Waals surface area (Å²) in [5.41, 5.74) is 3.78. The highest BCUT2D eigenvalue weighted by molar-refractivity contribution is 6.35. The fourth-order valence-corrected chi connectivity index (χ4v) is 3.13. The highest BCUT2D eigenvalue weighted by Gasteiger charge is 2.18. The molecule has 0 saturated carbocycles. The molecule has 2 aromatic carbocycles. The second kappa shape index (κ2) is 11.0. The molecule has 0 aliphatic carbocycles. The zero-order valence-corrected chi connectivity index (χ0v) is 17.6. The first-order valence-electron chi connectivity index (χ1n) is 9.41. The number of amides is 2. The first kappa shape index (κ1) is 22.1. The van der Waals surface area contributed by atoms with Crippen LogP contribution in [0.1, 0.15) is 24.0 Å². The van der Waals surface area contributed by atoms with E-state index in [-0.39, 0.29) is 6.10 Å². The van der Waals surface area contributed by atoms with Gasteiger partial charge in [-0.05, 0) is 54.3 Å². The average Bonchev–Trinajstić information content (AvgIpc) is 3.26. The molecular formula is C21H21Cl2N3O4. The van der Waals surface area contributed by atoms with Crippen LogP contribution in [-0.4, -0.2) is 37.3 Å². The smallest absolute Gasteiger partial charge is 0.329 e. The SMILES string of the molecule is O=C(NC[C@@H]1CCCO1)C(=O)N/N=C\c1ccc(OCc2ccc(Cl)cc2)c(Cl)c1. The van der Waals surface area contributed by atoms with E-state index in [0.717, 1.165) is 18.4 Å². The van der Waals surface area contributed by atoms with Gasteiger partial charge in [-0.2, -0.15) is 5.10 Å². The van der Waals surface area contributed by atoms with Crippen LogP contribution in [-0.2, 0) is 20.9 Å². The Morgan fingerprint density at radius 1 is 1.17 bits per heavy atom. The Hall–Kier alpha value is -2.61. The van der Waals surface area contributed by atoms with Gasteiger partial charge in [0.15, 0.2) is 0 Å². The summed E-state index contributed by atoms with van der Waals surface area (Å²) in [5, 5.41) is 7.37. The monoisotopic (exact) mass is 449 g/mol. The van der Waals surface area contributed by atoms with E-state index in [9.17, 15) is 9.59 Å². The zero-order valence-electron chi connectivity index (χ0n) is 16.1. The highest BCUT2D eigenvalue weighted by Crippen LogP contribution is 2.26. The summed E-state index contributed by atoms with van der Waals surface area (Å²) >= 11 is 12.1. The van der Waals surface area contributed by atoms with Crippen LogP contribution in [0.3, 0.4) is 0 Å². The lowest BCUT2D eigenvalue weighted by Crippen LogP contribution is -2.41. The van der Waals surface area contributed by atoms with Crippen molar-refractivity contribution < 1.29 is 19.1 Å². The summed E-state index contributed by atoms with van der Waals surface area (Å²) < 4.78 is 11.1. The summed E-state index contributed by atoms with van der Waals surface area (Å²) in [5.74, 6) is -1.09. The minimum Gasteiger partial charge on any atom is -0.487 e. The van der Waals surface area contributed by atoms with Crippen LogP contribution in [0, 0.1) is 0 Å². The third kappa shape index (κ3) is 6.73. The largest absolute Gasteiger partial charge is 0.487 e. The average molecular weight is 450 g/mol. The van der Waals surface area contributed by atoms with Crippen molar-refractivity contribution in [3.05, 3.63) is 63.6 Å². The third-order valence-electron chi connectivity index (χ3n) is 4.36. The van der Waals surface area contributed by atoms with Gasteiger partial charge in [0.05, 0.1) is 17.3 Å². The van der Waals surface area contributed by atoms with Gasteiger partial charge in [-0.25, -0.2) is 5.43 Å². The summed E-state index contributed by atoms with van der Waals surface area (Å²) in [6, 6.07) is 12.4. The predicted molar refractivity (Wildman–Crippen MR) is 115 cm³/mol. The molecule has 2 N–H and O–H groups in total. The Morgan fingerprint density at radius 3 is 2.67 bits per heavy atom. The number of nitrogens with one attached hydrogen (secondary N) is 2. The summed E-state index contributed by atoms with van der Waals surface area (Å²) in [4.78, 5) is 23.5. The molecule has 0 radical (unpaired) electrons. The summed E-state index contributed by atoms with van der Waals surface area (Å²) in [6.07, 6.45) is 3.19. The van der Waals surface area contributed by atoms with E-state index in [1.807, 2.05) is 12.1 Å². The number of hydrogen-bond acceptors (Lipinski definition) is 5. The van der Waals surface area contributed by atoms with Gasteiger partial charge in [0.25, 0.3) is 0 Å². The van der Waals surface area contributed by atoms with Crippen molar-refractivity contribution in [2.75, 3.05) is 13.2 Å². The van der Waals surface area contributed by atoms with E-state index in [2.05, 4.69) is 15.8 Å². The van der Waals surface area contributed by atoms with Crippen LogP contribution in [0.25, 0.3) is 0 Å². The first-order chi connectivity index (χ1) is 14.5. The number of carbonyl (C=O) groups is 2. The van der Waals surface area contributed by atoms with Crippen LogP contribution in [0.15, 0.2) is 47.6 Å². The number of ether oxygens (including phenoxy) is 2. The lowest BCUT2D eigenvalue weighted by Gasteiger charge is -2.09. The Labute approximate surface area is 184 Å². The van der Waals surface area contributed by atoms with E-state index < -0.39 is 11.8 Å². The van der Waals surface area contributed by atoms with Crippen LogP contribution in [0.2, 0.25) is 10.0 Å². The molecule has 2 aromatic rings. The van der Waals surface area contributed by atoms with Crippen molar-refractivity contribution in [3.8, 4) is 5.75 Å². The molecule has 0 unspecified atom stereocenters. The van der Waals surface area contributed by atoms with Crippen LogP contribution >= 0.6 is 23.2 Å². The maximum Gasteiger partial charge on any atom is 0.329 e. The van der Waals surface area contributed by atoms with Crippen molar-refractivity contribution in [2.24, 2.45) is 5.10 Å². The Morgan fingerprint density at radius 2 is 1.97 bits per heavy atom. The van der Waals surface area contributed by atoms with Crippen molar-refractivity contribution in [2.45, 2.75) is 25.6 Å². The van der Waals surface area contributed by atoms with Gasteiger partial charge >= 0.3 is 11.8 Å². The molecule has 0 spiro atoms. The number of hydrazone groups is 1. The summed E-state index contributed by atoms with van der Waals surface area (Å²) in [7, 11) is 0.